The number of benzene rings is 2. The van der Waals surface area contributed by atoms with Gasteiger partial charge in [-0.2, -0.15) is 0 Å². The minimum Gasteiger partial charge on any atom is -0.361 e. The fourth-order valence-electron chi connectivity index (χ4n) is 2.56. The molecule has 172 valence electrons. The van der Waals surface area contributed by atoms with Gasteiger partial charge in [0.15, 0.2) is 10.2 Å². The molecule has 12 heteroatoms. The molecule has 2 rings (SSSR count). The van der Waals surface area contributed by atoms with Crippen molar-refractivity contribution in [2.45, 2.75) is 13.8 Å². The normalized spacial score (nSPS) is 10.7. The second kappa shape index (κ2) is 12.3. The molecular weight excluding hydrogens is 468 g/mol. The van der Waals surface area contributed by atoms with Crippen LogP contribution in [0.25, 0.3) is 0 Å². The molecule has 0 aromatic heterocycles. The summed E-state index contributed by atoms with van der Waals surface area (Å²) in [4.78, 5) is 15.0. The van der Waals surface area contributed by atoms with Gasteiger partial charge < -0.3 is 10.6 Å². The standard InChI is InChI=1S/C20H26N6O3S3/c1-3-21-19(30)25(16-11-7-5-8-12-16)23-18(27)15-32(28,29)24-26(20(31)22-4-2)17-13-9-6-10-14-17/h5-14,24H,3-4,15H2,1-2H3,(H,21,30)(H,22,31)(H,23,27). The van der Waals surface area contributed by atoms with E-state index in [0.29, 0.717) is 24.5 Å². The third-order valence-electron chi connectivity index (χ3n) is 3.88. The van der Waals surface area contributed by atoms with Crippen LogP contribution in [0.3, 0.4) is 0 Å². The minimum atomic E-state index is -4.11. The van der Waals surface area contributed by atoms with Gasteiger partial charge in [-0.1, -0.05) is 36.4 Å². The number of hydrogen-bond donors (Lipinski definition) is 4. The molecule has 0 radical (unpaired) electrons. The first kappa shape index (κ1) is 25.5. The molecule has 1 amide bonds. The van der Waals surface area contributed by atoms with Crippen LogP contribution in [0.4, 0.5) is 11.4 Å². The monoisotopic (exact) mass is 494 g/mol. The smallest absolute Gasteiger partial charge is 0.255 e. The lowest BCUT2D eigenvalue weighted by atomic mass is 10.3. The van der Waals surface area contributed by atoms with Crippen molar-refractivity contribution in [2.75, 3.05) is 28.9 Å². The number of rotatable bonds is 8. The Morgan fingerprint density at radius 2 is 1.25 bits per heavy atom. The van der Waals surface area contributed by atoms with Gasteiger partial charge >= 0.3 is 0 Å². The van der Waals surface area contributed by atoms with Gasteiger partial charge in [-0.15, -0.1) is 4.83 Å². The van der Waals surface area contributed by atoms with E-state index in [0.717, 1.165) is 0 Å². The Hall–Kier alpha value is -2.80. The Bertz CT molecular complexity index is 1020. The van der Waals surface area contributed by atoms with Crippen molar-refractivity contribution in [1.29, 1.82) is 0 Å². The van der Waals surface area contributed by atoms with E-state index in [1.165, 1.54) is 10.0 Å². The van der Waals surface area contributed by atoms with E-state index in [4.69, 9.17) is 24.4 Å². The molecule has 0 unspecified atom stereocenters. The highest BCUT2D eigenvalue weighted by Gasteiger charge is 2.24. The van der Waals surface area contributed by atoms with Crippen LogP contribution < -0.4 is 30.9 Å². The molecular formula is C20H26N6O3S3. The lowest BCUT2D eigenvalue weighted by molar-refractivity contribution is -0.118. The summed E-state index contributed by atoms with van der Waals surface area (Å²) in [5.41, 5.74) is 3.63. The van der Waals surface area contributed by atoms with Gasteiger partial charge in [-0.05, 0) is 62.5 Å². The van der Waals surface area contributed by atoms with Crippen molar-refractivity contribution in [3.8, 4) is 0 Å². The predicted octanol–water partition coefficient (Wildman–Crippen LogP) is 1.65. The highest BCUT2D eigenvalue weighted by molar-refractivity contribution is 7.90. The molecule has 0 aliphatic carbocycles. The molecule has 0 atom stereocenters. The number of thiocarbonyl (C=S) groups is 2. The summed E-state index contributed by atoms with van der Waals surface area (Å²) in [7, 11) is -4.11. The summed E-state index contributed by atoms with van der Waals surface area (Å²) in [6.07, 6.45) is 0. The van der Waals surface area contributed by atoms with Gasteiger partial charge in [0.1, 0.15) is 5.75 Å². The van der Waals surface area contributed by atoms with Crippen LogP contribution in [0.1, 0.15) is 13.8 Å². The summed E-state index contributed by atoms with van der Waals surface area (Å²) in [5, 5.41) is 8.76. The molecule has 2 aromatic carbocycles. The fourth-order valence-corrected chi connectivity index (χ4v) is 4.16. The van der Waals surface area contributed by atoms with Crippen molar-refractivity contribution in [2.24, 2.45) is 0 Å². The summed E-state index contributed by atoms with van der Waals surface area (Å²) in [6.45, 7) is 4.73. The van der Waals surface area contributed by atoms with Crippen molar-refractivity contribution in [3.63, 3.8) is 0 Å². The van der Waals surface area contributed by atoms with Gasteiger partial charge in [-0.25, -0.2) is 18.4 Å². The molecule has 0 spiro atoms. The lowest BCUT2D eigenvalue weighted by Crippen LogP contribution is -2.55. The van der Waals surface area contributed by atoms with Crippen LogP contribution in [0, 0.1) is 0 Å². The zero-order valence-electron chi connectivity index (χ0n) is 17.7. The molecule has 32 heavy (non-hydrogen) atoms. The van der Waals surface area contributed by atoms with E-state index >= 15 is 0 Å². The fraction of sp³-hybridized carbons (Fsp3) is 0.250. The second-order valence-electron chi connectivity index (χ2n) is 6.40. The number of para-hydroxylation sites is 2. The number of hydrazine groups is 2. The van der Waals surface area contributed by atoms with Crippen LogP contribution in [0.2, 0.25) is 0 Å². The van der Waals surface area contributed by atoms with Crippen molar-refractivity contribution in [1.82, 2.24) is 20.9 Å². The quantitative estimate of drug-likeness (QED) is 0.322. The van der Waals surface area contributed by atoms with E-state index < -0.39 is 21.7 Å². The molecule has 4 N–H and O–H groups in total. The number of amides is 1. The Morgan fingerprint density at radius 1 is 0.812 bits per heavy atom. The van der Waals surface area contributed by atoms with E-state index in [9.17, 15) is 13.2 Å². The highest BCUT2D eigenvalue weighted by Crippen LogP contribution is 2.13. The van der Waals surface area contributed by atoms with Crippen LogP contribution in [-0.4, -0.2) is 43.4 Å². The third kappa shape index (κ3) is 7.71. The Kier molecular flexibility index (Phi) is 9.78. The van der Waals surface area contributed by atoms with Crippen LogP contribution in [0.5, 0.6) is 0 Å². The Labute approximate surface area is 199 Å². The molecule has 0 fully saturated rings. The average Bonchev–Trinajstić information content (AvgIpc) is 2.77. The summed E-state index contributed by atoms with van der Waals surface area (Å²) < 4.78 is 25.6. The number of hydrogen-bond acceptors (Lipinski definition) is 5. The van der Waals surface area contributed by atoms with Crippen molar-refractivity contribution in [3.05, 3.63) is 60.7 Å². The number of carbonyl (C=O) groups excluding carboxylic acids is 1. The third-order valence-corrected chi connectivity index (χ3v) is 5.64. The number of sulfonamides is 1. The largest absolute Gasteiger partial charge is 0.361 e. The first-order chi connectivity index (χ1) is 15.3. The first-order valence-corrected chi connectivity index (χ1v) is 12.3. The van der Waals surface area contributed by atoms with Gasteiger partial charge in [0.2, 0.25) is 10.0 Å². The van der Waals surface area contributed by atoms with E-state index in [2.05, 4.69) is 20.9 Å². The van der Waals surface area contributed by atoms with Gasteiger partial charge in [-0.3, -0.25) is 10.2 Å². The lowest BCUT2D eigenvalue weighted by Gasteiger charge is -2.27. The van der Waals surface area contributed by atoms with Gasteiger partial charge in [0, 0.05) is 13.1 Å². The molecule has 0 aliphatic rings. The maximum atomic E-state index is 12.8. The number of nitrogens with one attached hydrogen (secondary N) is 4. The van der Waals surface area contributed by atoms with Crippen LogP contribution in [-0.2, 0) is 14.8 Å². The topological polar surface area (TPSA) is 106 Å². The summed E-state index contributed by atoms with van der Waals surface area (Å²) in [6, 6.07) is 17.5. The maximum absolute atomic E-state index is 12.8. The Morgan fingerprint density at radius 3 is 1.72 bits per heavy atom. The molecule has 0 bridgehead atoms. The van der Waals surface area contributed by atoms with Gasteiger partial charge in [0.25, 0.3) is 5.91 Å². The maximum Gasteiger partial charge on any atom is 0.255 e. The molecule has 0 saturated carbocycles. The van der Waals surface area contributed by atoms with Crippen molar-refractivity contribution < 1.29 is 13.2 Å². The van der Waals surface area contributed by atoms with E-state index in [1.54, 1.807) is 54.6 Å². The zero-order valence-corrected chi connectivity index (χ0v) is 20.2. The Balaban J connectivity index is 2.16. The van der Waals surface area contributed by atoms with Crippen molar-refractivity contribution >= 4 is 62.0 Å². The van der Waals surface area contributed by atoms with Crippen LogP contribution >= 0.6 is 24.4 Å². The summed E-state index contributed by atoms with van der Waals surface area (Å²) >= 11 is 10.6. The average molecular weight is 495 g/mol. The molecule has 9 nitrogen and oxygen atoms in total. The highest BCUT2D eigenvalue weighted by atomic mass is 32.2. The van der Waals surface area contributed by atoms with E-state index in [-0.39, 0.29) is 10.2 Å². The van der Waals surface area contributed by atoms with E-state index in [1.807, 2.05) is 19.9 Å². The summed E-state index contributed by atoms with van der Waals surface area (Å²) in [5.74, 6) is -1.62. The number of carbonyl (C=O) groups is 1. The first-order valence-electron chi connectivity index (χ1n) is 9.83. The predicted molar refractivity (Wildman–Crippen MR) is 135 cm³/mol. The number of nitrogens with zero attached hydrogens (tertiary/aromatic N) is 2. The van der Waals surface area contributed by atoms with Gasteiger partial charge in [0.05, 0.1) is 11.4 Å². The molecule has 2 aromatic rings. The van der Waals surface area contributed by atoms with Crippen LogP contribution in [0.15, 0.2) is 60.7 Å². The SMILES string of the molecule is CCNC(=S)N(NC(=O)CS(=O)(=O)NN(C(=S)NCC)c1ccccc1)c1ccccc1. The number of anilines is 2. The second-order valence-corrected chi connectivity index (χ2v) is 8.87. The molecule has 0 aliphatic heterocycles. The minimum absolute atomic E-state index is 0.155. The molecule has 0 heterocycles. The molecule has 0 saturated heterocycles. The zero-order chi connectivity index (χ0) is 23.6.